The SMILES string of the molecule is CC(C)C1CCN(C)C1.CCC(C=O)CC.CCc1ccccc1C.Cc1ccc(C)c(Cl)c1. The zero-order chi connectivity index (χ0) is 26.1. The summed E-state index contributed by atoms with van der Waals surface area (Å²) in [4.78, 5) is 12.4. The summed E-state index contributed by atoms with van der Waals surface area (Å²) < 4.78 is 0. The fourth-order valence-electron chi connectivity index (χ4n) is 3.70. The van der Waals surface area contributed by atoms with Crippen molar-refractivity contribution in [3.05, 3.63) is 69.7 Å². The molecule has 2 aromatic rings. The first-order chi connectivity index (χ1) is 16.1. The van der Waals surface area contributed by atoms with Crippen molar-refractivity contribution in [2.24, 2.45) is 17.8 Å². The lowest BCUT2D eigenvalue weighted by Gasteiger charge is -2.13. The molecule has 1 unspecified atom stereocenters. The Bertz CT molecular complexity index is 798. The van der Waals surface area contributed by atoms with Crippen molar-refractivity contribution in [1.82, 2.24) is 4.90 Å². The molecular formula is C31H50ClNO. The van der Waals surface area contributed by atoms with Crippen LogP contribution in [0, 0.1) is 38.5 Å². The van der Waals surface area contributed by atoms with Crippen molar-refractivity contribution in [1.29, 1.82) is 0 Å². The minimum absolute atomic E-state index is 0.306. The molecule has 3 rings (SSSR count). The average molecular weight is 488 g/mol. The number of carbonyl (C=O) groups is 1. The molecule has 0 bridgehead atoms. The molecule has 1 atom stereocenters. The average Bonchev–Trinajstić information content (AvgIpc) is 3.26. The summed E-state index contributed by atoms with van der Waals surface area (Å²) in [5.41, 5.74) is 5.21. The zero-order valence-corrected chi connectivity index (χ0v) is 24.1. The molecule has 1 aliphatic heterocycles. The third-order valence-electron chi connectivity index (χ3n) is 6.58. The molecule has 0 aromatic heterocycles. The number of hydrogen-bond donors (Lipinski definition) is 0. The highest BCUT2D eigenvalue weighted by Gasteiger charge is 2.21. The maximum atomic E-state index is 9.97. The predicted molar refractivity (Wildman–Crippen MR) is 152 cm³/mol. The topological polar surface area (TPSA) is 20.3 Å². The van der Waals surface area contributed by atoms with E-state index in [0.29, 0.717) is 5.92 Å². The van der Waals surface area contributed by atoms with Crippen molar-refractivity contribution in [3.63, 3.8) is 0 Å². The highest BCUT2D eigenvalue weighted by Crippen LogP contribution is 2.21. The highest BCUT2D eigenvalue weighted by atomic mass is 35.5. The first kappa shape index (κ1) is 32.4. The minimum atomic E-state index is 0.306. The van der Waals surface area contributed by atoms with Crippen LogP contribution in [0.15, 0.2) is 42.5 Å². The molecule has 34 heavy (non-hydrogen) atoms. The third kappa shape index (κ3) is 13.9. The van der Waals surface area contributed by atoms with Crippen LogP contribution in [0.25, 0.3) is 0 Å². The van der Waals surface area contributed by atoms with Gasteiger partial charge in [0.05, 0.1) is 0 Å². The molecule has 0 N–H and O–H groups in total. The van der Waals surface area contributed by atoms with Gasteiger partial charge >= 0.3 is 0 Å². The standard InChI is InChI=1S/C9H12.C8H9Cl.C8H17N.C6H12O/c1-3-9-7-5-4-6-8(9)2;1-6-3-4-7(2)8(9)5-6;1-7(2)8-4-5-9(3)6-8;1-3-6(4-2)5-7/h4-7H,3H2,1-2H3;3-5H,1-2H3;7-8H,4-6H2,1-3H3;5-6H,3-4H2,1-2H3. The normalized spacial score (nSPS) is 15.0. The second kappa shape index (κ2) is 18.7. The van der Waals surface area contributed by atoms with E-state index in [2.05, 4.69) is 70.0 Å². The molecular weight excluding hydrogens is 438 g/mol. The van der Waals surface area contributed by atoms with Gasteiger partial charge in [-0.05, 0) is 100 Å². The van der Waals surface area contributed by atoms with Gasteiger partial charge in [-0.15, -0.1) is 0 Å². The van der Waals surface area contributed by atoms with Crippen LogP contribution in [0.4, 0.5) is 0 Å². The summed E-state index contributed by atoms with van der Waals surface area (Å²) in [5.74, 6) is 2.16. The maximum Gasteiger partial charge on any atom is 0.123 e. The van der Waals surface area contributed by atoms with E-state index in [4.69, 9.17) is 11.6 Å². The molecule has 0 amide bonds. The minimum Gasteiger partial charge on any atom is -0.306 e. The van der Waals surface area contributed by atoms with Crippen LogP contribution in [-0.2, 0) is 11.2 Å². The van der Waals surface area contributed by atoms with E-state index in [1.165, 1.54) is 36.2 Å². The summed E-state index contributed by atoms with van der Waals surface area (Å²) in [5, 5.41) is 0.856. The van der Waals surface area contributed by atoms with Gasteiger partial charge in [0.1, 0.15) is 6.29 Å². The van der Waals surface area contributed by atoms with E-state index >= 15 is 0 Å². The molecule has 1 heterocycles. The number of carbonyl (C=O) groups excluding carboxylic acids is 1. The van der Waals surface area contributed by atoms with Crippen LogP contribution < -0.4 is 0 Å². The van der Waals surface area contributed by atoms with Gasteiger partial charge in [0.25, 0.3) is 0 Å². The Labute approximate surface area is 216 Å². The van der Waals surface area contributed by atoms with Gasteiger partial charge in [-0.3, -0.25) is 0 Å². The fraction of sp³-hybridized carbons (Fsp3) is 0.581. The van der Waals surface area contributed by atoms with Crippen LogP contribution in [0.5, 0.6) is 0 Å². The second-order valence-corrected chi connectivity index (χ2v) is 10.2. The summed E-state index contributed by atoms with van der Waals surface area (Å²) in [7, 11) is 2.21. The molecule has 0 spiro atoms. The number of benzene rings is 2. The first-order valence-corrected chi connectivity index (χ1v) is 13.4. The van der Waals surface area contributed by atoms with E-state index in [1.54, 1.807) is 0 Å². The van der Waals surface area contributed by atoms with Crippen molar-refractivity contribution in [2.45, 2.75) is 81.1 Å². The second-order valence-electron chi connectivity index (χ2n) is 9.80. The Morgan fingerprint density at radius 2 is 1.62 bits per heavy atom. The monoisotopic (exact) mass is 487 g/mol. The Balaban J connectivity index is 0.000000430. The van der Waals surface area contributed by atoms with Crippen LogP contribution in [0.3, 0.4) is 0 Å². The van der Waals surface area contributed by atoms with Gasteiger partial charge in [-0.25, -0.2) is 0 Å². The van der Waals surface area contributed by atoms with Crippen molar-refractivity contribution < 1.29 is 4.79 Å². The van der Waals surface area contributed by atoms with E-state index < -0.39 is 0 Å². The quantitative estimate of drug-likeness (QED) is 0.393. The van der Waals surface area contributed by atoms with Gasteiger partial charge in [0.2, 0.25) is 0 Å². The van der Waals surface area contributed by atoms with E-state index in [0.717, 1.165) is 48.0 Å². The molecule has 3 heteroatoms. The summed E-state index contributed by atoms with van der Waals surface area (Å²) >= 11 is 5.81. The molecule has 0 radical (unpaired) electrons. The number of halogens is 1. The molecule has 1 fully saturated rings. The van der Waals surface area contributed by atoms with Crippen molar-refractivity contribution in [2.75, 3.05) is 20.1 Å². The molecule has 192 valence electrons. The van der Waals surface area contributed by atoms with Crippen molar-refractivity contribution in [3.8, 4) is 0 Å². The Morgan fingerprint density at radius 1 is 1.00 bits per heavy atom. The first-order valence-electron chi connectivity index (χ1n) is 13.0. The predicted octanol–water partition coefficient (Wildman–Crippen LogP) is 8.73. The van der Waals surface area contributed by atoms with Gasteiger partial charge < -0.3 is 9.69 Å². The van der Waals surface area contributed by atoms with Crippen LogP contribution in [-0.4, -0.2) is 31.3 Å². The number of rotatable bonds is 5. The third-order valence-corrected chi connectivity index (χ3v) is 6.99. The Hall–Kier alpha value is -1.64. The number of aryl methyl sites for hydroxylation is 4. The summed E-state index contributed by atoms with van der Waals surface area (Å²) in [6.45, 7) is 19.7. The lowest BCUT2D eigenvalue weighted by Crippen LogP contribution is -2.16. The highest BCUT2D eigenvalue weighted by molar-refractivity contribution is 6.31. The van der Waals surface area contributed by atoms with Crippen LogP contribution in [0.2, 0.25) is 5.02 Å². The number of likely N-dealkylation sites (tertiary alicyclic amines) is 1. The number of aldehydes is 1. The summed E-state index contributed by atoms with van der Waals surface area (Å²) in [6.07, 6.45) is 5.56. The number of nitrogens with zero attached hydrogens (tertiary/aromatic N) is 1. The smallest absolute Gasteiger partial charge is 0.123 e. The van der Waals surface area contributed by atoms with Gasteiger partial charge in [-0.1, -0.05) is 82.6 Å². The van der Waals surface area contributed by atoms with Crippen LogP contribution in [0.1, 0.15) is 76.1 Å². The van der Waals surface area contributed by atoms with Gasteiger partial charge in [-0.2, -0.15) is 0 Å². The van der Waals surface area contributed by atoms with E-state index in [-0.39, 0.29) is 0 Å². The molecule has 1 aliphatic rings. The molecule has 2 nitrogen and oxygen atoms in total. The maximum absolute atomic E-state index is 9.97. The van der Waals surface area contributed by atoms with Gasteiger partial charge in [0.15, 0.2) is 0 Å². The van der Waals surface area contributed by atoms with Crippen LogP contribution >= 0.6 is 11.6 Å². The lowest BCUT2D eigenvalue weighted by molar-refractivity contribution is -0.111. The van der Waals surface area contributed by atoms with Gasteiger partial charge in [0, 0.05) is 17.5 Å². The van der Waals surface area contributed by atoms with E-state index in [1.807, 2.05) is 39.8 Å². The lowest BCUT2D eigenvalue weighted by atomic mass is 9.95. The molecule has 1 saturated heterocycles. The Morgan fingerprint density at radius 3 is 1.91 bits per heavy atom. The number of hydrogen-bond acceptors (Lipinski definition) is 2. The fourth-order valence-corrected chi connectivity index (χ4v) is 3.93. The molecule has 0 aliphatic carbocycles. The molecule has 2 aromatic carbocycles. The van der Waals surface area contributed by atoms with E-state index in [9.17, 15) is 4.79 Å². The zero-order valence-electron chi connectivity index (χ0n) is 23.3. The largest absolute Gasteiger partial charge is 0.306 e. The van der Waals surface area contributed by atoms with Crippen molar-refractivity contribution >= 4 is 17.9 Å². The Kier molecular flexibility index (Phi) is 17.8. The molecule has 0 saturated carbocycles. The summed E-state index contributed by atoms with van der Waals surface area (Å²) in [6, 6.07) is 14.5.